The molecule has 1 aliphatic heterocycles. The topological polar surface area (TPSA) is 40.5 Å². The van der Waals surface area contributed by atoms with Gasteiger partial charge in [-0.2, -0.15) is 0 Å². The molecule has 1 aliphatic rings. The average molecular weight is 256 g/mol. The van der Waals surface area contributed by atoms with Crippen molar-refractivity contribution >= 4 is 24.1 Å². The summed E-state index contributed by atoms with van der Waals surface area (Å²) in [5.41, 5.74) is 1.25. The zero-order valence-electron chi connectivity index (χ0n) is 9.71. The third-order valence-corrected chi connectivity index (χ3v) is 3.20. The lowest BCUT2D eigenvalue weighted by Crippen LogP contribution is -2.34. The summed E-state index contributed by atoms with van der Waals surface area (Å²) in [6, 6.07) is 10.3. The Bertz CT molecular complexity index is 348. The number of rotatable bonds is 3. The van der Waals surface area contributed by atoms with Gasteiger partial charge in [0.25, 0.3) is 0 Å². The molecule has 0 saturated carbocycles. The van der Waals surface area contributed by atoms with Crippen LogP contribution in [0.2, 0.25) is 0 Å². The second kappa shape index (κ2) is 6.50. The highest BCUT2D eigenvalue weighted by atomic mass is 35.5. The van der Waals surface area contributed by atoms with Gasteiger partial charge in [0.1, 0.15) is 0 Å². The Morgan fingerprint density at radius 1 is 1.24 bits per heavy atom. The Morgan fingerprint density at radius 2 is 1.82 bits per heavy atom. The Morgan fingerprint density at radius 3 is 2.35 bits per heavy atom. The van der Waals surface area contributed by atoms with Gasteiger partial charge >= 0.3 is 5.97 Å². The van der Waals surface area contributed by atoms with Crippen molar-refractivity contribution in [1.29, 1.82) is 0 Å². The molecule has 0 unspecified atom stereocenters. The number of hydrogen-bond donors (Lipinski definition) is 1. The fraction of sp³-hybridized carbons (Fsp3) is 0.462. The summed E-state index contributed by atoms with van der Waals surface area (Å²) in [7, 11) is 0. The van der Waals surface area contributed by atoms with Gasteiger partial charge < -0.3 is 10.0 Å². The number of benzene rings is 1. The molecular formula is C13H18ClNO2. The van der Waals surface area contributed by atoms with Gasteiger partial charge in [0.05, 0.1) is 0 Å². The first-order valence-electron chi connectivity index (χ1n) is 5.77. The van der Waals surface area contributed by atoms with Crippen LogP contribution in [0, 0.1) is 5.92 Å². The largest absolute Gasteiger partial charge is 0.481 e. The van der Waals surface area contributed by atoms with Crippen LogP contribution in [-0.4, -0.2) is 24.2 Å². The Balaban J connectivity index is 0.00000144. The van der Waals surface area contributed by atoms with Crippen LogP contribution in [0.5, 0.6) is 0 Å². The summed E-state index contributed by atoms with van der Waals surface area (Å²) in [6.07, 6.45) is 2.30. The Labute approximate surface area is 108 Å². The lowest BCUT2D eigenvalue weighted by molar-refractivity contribution is -0.138. The second-order valence-electron chi connectivity index (χ2n) is 4.36. The molecule has 4 heteroatoms. The third-order valence-electron chi connectivity index (χ3n) is 3.20. The molecule has 1 aromatic carbocycles. The van der Waals surface area contributed by atoms with Crippen LogP contribution in [0.3, 0.4) is 0 Å². The molecular weight excluding hydrogens is 238 g/mol. The second-order valence-corrected chi connectivity index (χ2v) is 4.36. The van der Waals surface area contributed by atoms with Crippen LogP contribution >= 0.6 is 12.4 Å². The van der Waals surface area contributed by atoms with E-state index in [1.807, 2.05) is 18.2 Å². The van der Waals surface area contributed by atoms with Crippen LogP contribution in [0.4, 0.5) is 5.69 Å². The van der Waals surface area contributed by atoms with Gasteiger partial charge in [0.2, 0.25) is 0 Å². The van der Waals surface area contributed by atoms with Gasteiger partial charge in [0.15, 0.2) is 0 Å². The maximum absolute atomic E-state index is 10.6. The van der Waals surface area contributed by atoms with E-state index in [4.69, 9.17) is 5.11 Å². The van der Waals surface area contributed by atoms with E-state index in [1.165, 1.54) is 5.69 Å². The van der Waals surface area contributed by atoms with Crippen molar-refractivity contribution in [3.8, 4) is 0 Å². The molecule has 0 aliphatic carbocycles. The number of nitrogens with zero attached hydrogens (tertiary/aromatic N) is 1. The highest BCUT2D eigenvalue weighted by Crippen LogP contribution is 2.24. The van der Waals surface area contributed by atoms with Crippen LogP contribution < -0.4 is 4.90 Å². The van der Waals surface area contributed by atoms with E-state index in [2.05, 4.69) is 17.0 Å². The fourth-order valence-corrected chi connectivity index (χ4v) is 2.28. The van der Waals surface area contributed by atoms with Crippen molar-refractivity contribution in [2.75, 3.05) is 18.0 Å². The number of carbonyl (C=O) groups is 1. The molecule has 0 spiro atoms. The molecule has 1 heterocycles. The van der Waals surface area contributed by atoms with Gasteiger partial charge in [0, 0.05) is 25.2 Å². The SMILES string of the molecule is Cl.O=C(O)CC1CCN(c2ccccc2)CC1. The molecule has 1 aromatic rings. The summed E-state index contributed by atoms with van der Waals surface area (Å²) < 4.78 is 0. The lowest BCUT2D eigenvalue weighted by atomic mass is 9.93. The minimum atomic E-state index is -0.668. The maximum atomic E-state index is 10.6. The first kappa shape index (κ1) is 13.8. The Hall–Kier alpha value is -1.22. The molecule has 1 N–H and O–H groups in total. The third kappa shape index (κ3) is 3.93. The quantitative estimate of drug-likeness (QED) is 0.903. The maximum Gasteiger partial charge on any atom is 0.303 e. The molecule has 2 rings (SSSR count). The number of para-hydroxylation sites is 1. The molecule has 1 saturated heterocycles. The number of carboxylic acids is 1. The molecule has 94 valence electrons. The minimum absolute atomic E-state index is 0. The van der Waals surface area contributed by atoms with Crippen LogP contribution in [0.1, 0.15) is 19.3 Å². The highest BCUT2D eigenvalue weighted by molar-refractivity contribution is 5.85. The predicted molar refractivity (Wildman–Crippen MR) is 70.9 cm³/mol. The zero-order chi connectivity index (χ0) is 11.4. The van der Waals surface area contributed by atoms with Crippen molar-refractivity contribution in [3.05, 3.63) is 30.3 Å². The molecule has 0 aromatic heterocycles. The predicted octanol–water partition coefficient (Wildman–Crippen LogP) is 2.80. The summed E-state index contributed by atoms with van der Waals surface area (Å²) in [5, 5.41) is 8.74. The van der Waals surface area contributed by atoms with Crippen molar-refractivity contribution in [3.63, 3.8) is 0 Å². The molecule has 0 amide bonds. The van der Waals surface area contributed by atoms with E-state index in [9.17, 15) is 4.79 Å². The van der Waals surface area contributed by atoms with E-state index in [0.29, 0.717) is 12.3 Å². The molecule has 0 bridgehead atoms. The first-order valence-corrected chi connectivity index (χ1v) is 5.77. The number of carboxylic acid groups (broad SMARTS) is 1. The number of aliphatic carboxylic acids is 1. The van der Waals surface area contributed by atoms with E-state index in [1.54, 1.807) is 0 Å². The Kier molecular flexibility index (Phi) is 5.29. The van der Waals surface area contributed by atoms with Gasteiger partial charge in [-0.1, -0.05) is 18.2 Å². The zero-order valence-corrected chi connectivity index (χ0v) is 10.5. The average Bonchev–Trinajstić information content (AvgIpc) is 2.30. The molecule has 17 heavy (non-hydrogen) atoms. The summed E-state index contributed by atoms with van der Waals surface area (Å²) in [6.45, 7) is 1.95. The fourth-order valence-electron chi connectivity index (χ4n) is 2.28. The number of anilines is 1. The minimum Gasteiger partial charge on any atom is -0.481 e. The summed E-state index contributed by atoms with van der Waals surface area (Å²) in [4.78, 5) is 12.9. The van der Waals surface area contributed by atoms with Crippen LogP contribution in [0.25, 0.3) is 0 Å². The van der Waals surface area contributed by atoms with Gasteiger partial charge in [-0.05, 0) is 30.9 Å². The molecule has 1 fully saturated rings. The van der Waals surface area contributed by atoms with Crippen molar-refractivity contribution in [2.45, 2.75) is 19.3 Å². The monoisotopic (exact) mass is 255 g/mol. The van der Waals surface area contributed by atoms with E-state index in [0.717, 1.165) is 25.9 Å². The van der Waals surface area contributed by atoms with Crippen LogP contribution in [0.15, 0.2) is 30.3 Å². The van der Waals surface area contributed by atoms with E-state index in [-0.39, 0.29) is 12.4 Å². The molecule has 0 radical (unpaired) electrons. The van der Waals surface area contributed by atoms with E-state index < -0.39 is 5.97 Å². The normalized spacial score (nSPS) is 16.4. The van der Waals surface area contributed by atoms with Crippen molar-refractivity contribution < 1.29 is 9.90 Å². The smallest absolute Gasteiger partial charge is 0.303 e. The molecule has 3 nitrogen and oxygen atoms in total. The number of piperidine rings is 1. The van der Waals surface area contributed by atoms with Gasteiger partial charge in [-0.25, -0.2) is 0 Å². The van der Waals surface area contributed by atoms with Crippen molar-refractivity contribution in [2.24, 2.45) is 5.92 Å². The molecule has 0 atom stereocenters. The first-order chi connectivity index (χ1) is 7.75. The number of hydrogen-bond acceptors (Lipinski definition) is 2. The van der Waals surface area contributed by atoms with Gasteiger partial charge in [-0.3, -0.25) is 4.79 Å². The van der Waals surface area contributed by atoms with E-state index >= 15 is 0 Å². The highest BCUT2D eigenvalue weighted by Gasteiger charge is 2.21. The summed E-state index contributed by atoms with van der Waals surface area (Å²) in [5.74, 6) is -0.310. The summed E-state index contributed by atoms with van der Waals surface area (Å²) >= 11 is 0. The van der Waals surface area contributed by atoms with Crippen LogP contribution in [-0.2, 0) is 4.79 Å². The number of halogens is 1. The van der Waals surface area contributed by atoms with Crippen molar-refractivity contribution in [1.82, 2.24) is 0 Å². The standard InChI is InChI=1S/C13H17NO2.ClH/c15-13(16)10-11-6-8-14(9-7-11)12-4-2-1-3-5-12;/h1-5,11H,6-10H2,(H,15,16);1H. The lowest BCUT2D eigenvalue weighted by Gasteiger charge is -2.33. The van der Waals surface area contributed by atoms with Gasteiger partial charge in [-0.15, -0.1) is 12.4 Å².